The third-order valence-electron chi connectivity index (χ3n) is 3.83. The lowest BCUT2D eigenvalue weighted by Gasteiger charge is -2.37. The van der Waals surface area contributed by atoms with E-state index in [4.69, 9.17) is 11.1 Å². The van der Waals surface area contributed by atoms with Crippen LogP contribution >= 0.6 is 0 Å². The van der Waals surface area contributed by atoms with Crippen LogP contribution in [0.2, 0.25) is 0 Å². The molecular weight excluding hydrogens is 250 g/mol. The molecule has 0 aromatic carbocycles. The van der Waals surface area contributed by atoms with Gasteiger partial charge in [0.15, 0.2) is 0 Å². The van der Waals surface area contributed by atoms with Crippen LogP contribution in [0.1, 0.15) is 30.3 Å². The Kier molecular flexibility index (Phi) is 4.60. The van der Waals surface area contributed by atoms with Crippen molar-refractivity contribution < 1.29 is 0 Å². The van der Waals surface area contributed by atoms with Crippen molar-refractivity contribution in [3.05, 3.63) is 23.0 Å². The van der Waals surface area contributed by atoms with Gasteiger partial charge in [0.05, 0.1) is 16.9 Å². The molecule has 110 valence electrons. The molecule has 3 N–H and O–H groups in total. The van der Waals surface area contributed by atoms with Crippen LogP contribution in [-0.2, 0) is 0 Å². The summed E-state index contributed by atoms with van der Waals surface area (Å²) in [5.41, 5.74) is 9.45. The Morgan fingerprint density at radius 3 is 2.50 bits per heavy atom. The van der Waals surface area contributed by atoms with Crippen LogP contribution < -0.4 is 10.6 Å². The van der Waals surface area contributed by atoms with Gasteiger partial charge >= 0.3 is 0 Å². The molecule has 0 bridgehead atoms. The monoisotopic (exact) mass is 275 g/mol. The van der Waals surface area contributed by atoms with Gasteiger partial charge in [-0.05, 0) is 32.9 Å². The van der Waals surface area contributed by atoms with Gasteiger partial charge in [0.2, 0.25) is 0 Å². The number of hydrogen-bond acceptors (Lipinski definition) is 4. The van der Waals surface area contributed by atoms with Crippen molar-refractivity contribution >= 4 is 11.5 Å². The van der Waals surface area contributed by atoms with Crippen molar-refractivity contribution in [2.24, 2.45) is 5.73 Å². The van der Waals surface area contributed by atoms with Gasteiger partial charge in [0, 0.05) is 31.9 Å². The number of nitrogen functional groups attached to an aromatic ring is 1. The maximum absolute atomic E-state index is 7.81. The van der Waals surface area contributed by atoms with Gasteiger partial charge < -0.3 is 10.6 Å². The molecule has 1 aliphatic rings. The molecule has 2 heterocycles. The van der Waals surface area contributed by atoms with E-state index in [-0.39, 0.29) is 5.84 Å². The van der Waals surface area contributed by atoms with Gasteiger partial charge in [-0.1, -0.05) is 6.92 Å². The standard InChI is InChI=1S/C15H25N5/c1-4-5-19-6-8-20(9-7-19)13-10-11(2)18-12(3)14(13)15(16)17/h10H,4-9H2,1-3H3,(H3,16,17). The number of nitrogens with one attached hydrogen (secondary N) is 1. The van der Waals surface area contributed by atoms with E-state index in [1.807, 2.05) is 13.8 Å². The van der Waals surface area contributed by atoms with E-state index in [9.17, 15) is 0 Å². The number of nitrogens with two attached hydrogens (primary N) is 1. The number of aryl methyl sites for hydroxylation is 2. The maximum atomic E-state index is 7.81. The van der Waals surface area contributed by atoms with Crippen molar-refractivity contribution in [2.75, 3.05) is 37.6 Å². The van der Waals surface area contributed by atoms with E-state index in [1.54, 1.807) is 0 Å². The third-order valence-corrected chi connectivity index (χ3v) is 3.83. The molecule has 1 aliphatic heterocycles. The lowest BCUT2D eigenvalue weighted by Crippen LogP contribution is -2.47. The summed E-state index contributed by atoms with van der Waals surface area (Å²) >= 11 is 0. The molecule has 0 aliphatic carbocycles. The highest BCUT2D eigenvalue weighted by atomic mass is 15.3. The molecule has 0 atom stereocenters. The van der Waals surface area contributed by atoms with Gasteiger partial charge in [-0.3, -0.25) is 15.3 Å². The molecule has 20 heavy (non-hydrogen) atoms. The minimum absolute atomic E-state index is 0.112. The van der Waals surface area contributed by atoms with E-state index in [2.05, 4.69) is 27.8 Å². The molecule has 5 nitrogen and oxygen atoms in total. The summed E-state index contributed by atoms with van der Waals surface area (Å²) < 4.78 is 0. The van der Waals surface area contributed by atoms with Crippen LogP contribution in [0, 0.1) is 19.3 Å². The summed E-state index contributed by atoms with van der Waals surface area (Å²) in [7, 11) is 0. The van der Waals surface area contributed by atoms with Crippen LogP contribution in [0.5, 0.6) is 0 Å². The van der Waals surface area contributed by atoms with Crippen LogP contribution in [-0.4, -0.2) is 48.4 Å². The second-order valence-electron chi connectivity index (χ2n) is 5.49. The summed E-state index contributed by atoms with van der Waals surface area (Å²) in [6, 6.07) is 2.05. The second-order valence-corrected chi connectivity index (χ2v) is 5.49. The first kappa shape index (κ1) is 14.8. The molecule has 1 saturated heterocycles. The summed E-state index contributed by atoms with van der Waals surface area (Å²) in [6.07, 6.45) is 1.20. The van der Waals surface area contributed by atoms with Gasteiger partial charge in [-0.25, -0.2) is 0 Å². The van der Waals surface area contributed by atoms with Crippen molar-refractivity contribution in [3.8, 4) is 0 Å². The third kappa shape index (κ3) is 3.10. The number of pyridine rings is 1. The van der Waals surface area contributed by atoms with Crippen LogP contribution in [0.25, 0.3) is 0 Å². The number of nitrogens with zero attached hydrogens (tertiary/aromatic N) is 3. The zero-order chi connectivity index (χ0) is 14.7. The van der Waals surface area contributed by atoms with E-state index in [1.165, 1.54) is 13.0 Å². The number of rotatable bonds is 4. The average Bonchev–Trinajstić information content (AvgIpc) is 2.38. The summed E-state index contributed by atoms with van der Waals surface area (Å²) in [6.45, 7) is 11.4. The lowest BCUT2D eigenvalue weighted by atomic mass is 10.1. The Morgan fingerprint density at radius 2 is 1.95 bits per heavy atom. The molecule has 0 amide bonds. The molecular formula is C15H25N5. The first-order valence-electron chi connectivity index (χ1n) is 7.33. The molecule has 0 unspecified atom stereocenters. The van der Waals surface area contributed by atoms with Crippen LogP contribution in [0.3, 0.4) is 0 Å². The summed E-state index contributed by atoms with van der Waals surface area (Å²) in [5, 5.41) is 7.81. The minimum Gasteiger partial charge on any atom is -0.384 e. The number of anilines is 1. The number of hydrogen-bond donors (Lipinski definition) is 2. The smallest absolute Gasteiger partial charge is 0.126 e. The minimum atomic E-state index is 0.112. The van der Waals surface area contributed by atoms with Gasteiger partial charge in [-0.2, -0.15) is 0 Å². The van der Waals surface area contributed by atoms with E-state index in [0.717, 1.165) is 48.8 Å². The first-order chi connectivity index (χ1) is 9.52. The van der Waals surface area contributed by atoms with Gasteiger partial charge in [-0.15, -0.1) is 0 Å². The van der Waals surface area contributed by atoms with Crippen LogP contribution in [0.15, 0.2) is 6.07 Å². The molecule has 0 spiro atoms. The highest BCUT2D eigenvalue weighted by molar-refractivity contribution is 6.01. The summed E-state index contributed by atoms with van der Waals surface area (Å²) in [5.74, 6) is 0.112. The van der Waals surface area contributed by atoms with E-state index >= 15 is 0 Å². The molecule has 1 aromatic heterocycles. The average molecular weight is 275 g/mol. The normalized spacial score (nSPS) is 16.4. The Balaban J connectivity index is 2.23. The Morgan fingerprint density at radius 1 is 1.30 bits per heavy atom. The molecule has 1 aromatic rings. The van der Waals surface area contributed by atoms with Crippen LogP contribution in [0.4, 0.5) is 5.69 Å². The van der Waals surface area contributed by atoms with Crippen molar-refractivity contribution in [1.82, 2.24) is 9.88 Å². The van der Waals surface area contributed by atoms with Crippen molar-refractivity contribution in [2.45, 2.75) is 27.2 Å². The van der Waals surface area contributed by atoms with Gasteiger partial charge in [0.25, 0.3) is 0 Å². The quantitative estimate of drug-likeness (QED) is 0.645. The largest absolute Gasteiger partial charge is 0.384 e. The highest BCUT2D eigenvalue weighted by Crippen LogP contribution is 2.24. The topological polar surface area (TPSA) is 69.2 Å². The maximum Gasteiger partial charge on any atom is 0.126 e. The number of piperazine rings is 1. The summed E-state index contributed by atoms with van der Waals surface area (Å²) in [4.78, 5) is 9.27. The zero-order valence-corrected chi connectivity index (χ0v) is 12.7. The Bertz CT molecular complexity index is 489. The second kappa shape index (κ2) is 6.22. The predicted octanol–water partition coefficient (Wildman–Crippen LogP) is 1.51. The fraction of sp³-hybridized carbons (Fsp3) is 0.600. The number of aromatic nitrogens is 1. The fourth-order valence-corrected chi connectivity index (χ4v) is 2.92. The van der Waals surface area contributed by atoms with Crippen molar-refractivity contribution in [3.63, 3.8) is 0 Å². The lowest BCUT2D eigenvalue weighted by molar-refractivity contribution is 0.258. The Labute approximate surface area is 121 Å². The SMILES string of the molecule is CCCN1CCN(c2cc(C)nc(C)c2C(=N)N)CC1. The molecule has 0 radical (unpaired) electrons. The molecule has 5 heteroatoms. The molecule has 2 rings (SSSR count). The molecule has 1 fully saturated rings. The fourth-order valence-electron chi connectivity index (χ4n) is 2.92. The first-order valence-corrected chi connectivity index (χ1v) is 7.33. The van der Waals surface area contributed by atoms with E-state index < -0.39 is 0 Å². The zero-order valence-electron chi connectivity index (χ0n) is 12.7. The van der Waals surface area contributed by atoms with Gasteiger partial charge in [0.1, 0.15) is 5.84 Å². The highest BCUT2D eigenvalue weighted by Gasteiger charge is 2.21. The predicted molar refractivity (Wildman–Crippen MR) is 83.7 cm³/mol. The molecule has 0 saturated carbocycles. The number of amidine groups is 1. The van der Waals surface area contributed by atoms with E-state index in [0.29, 0.717) is 0 Å². The Hall–Kier alpha value is -1.62. The van der Waals surface area contributed by atoms with Crippen molar-refractivity contribution in [1.29, 1.82) is 5.41 Å².